The maximum Gasteiger partial charge on any atom is 0.235 e. The van der Waals surface area contributed by atoms with Crippen molar-refractivity contribution < 1.29 is 4.79 Å². The molecule has 78 valence electrons. The van der Waals surface area contributed by atoms with E-state index in [2.05, 4.69) is 14.9 Å². The van der Waals surface area contributed by atoms with Crippen molar-refractivity contribution in [3.8, 4) is 0 Å². The molecule has 15 heavy (non-hydrogen) atoms. The quantitative estimate of drug-likeness (QED) is 0.552. The van der Waals surface area contributed by atoms with Crippen LogP contribution in [0.5, 0.6) is 0 Å². The Kier molecular flexibility index (Phi) is 3.10. The van der Waals surface area contributed by atoms with Gasteiger partial charge in [0.1, 0.15) is 5.82 Å². The van der Waals surface area contributed by atoms with Crippen LogP contribution in [0.2, 0.25) is 0 Å². The predicted molar refractivity (Wildman–Crippen MR) is 57.5 cm³/mol. The van der Waals surface area contributed by atoms with E-state index in [0.29, 0.717) is 6.54 Å². The summed E-state index contributed by atoms with van der Waals surface area (Å²) < 4.78 is 0. The van der Waals surface area contributed by atoms with Crippen molar-refractivity contribution in [1.29, 1.82) is 0 Å². The lowest BCUT2D eigenvalue weighted by atomic mass is 10.3. The summed E-state index contributed by atoms with van der Waals surface area (Å²) >= 11 is 0. The number of carbonyl (C=O) groups excluding carboxylic acids is 1. The van der Waals surface area contributed by atoms with Crippen LogP contribution in [0.25, 0.3) is 0 Å². The van der Waals surface area contributed by atoms with Crippen LogP contribution in [0.3, 0.4) is 0 Å². The van der Waals surface area contributed by atoms with Gasteiger partial charge in [-0.15, -0.1) is 0 Å². The summed E-state index contributed by atoms with van der Waals surface area (Å²) in [4.78, 5) is 20.1. The first kappa shape index (κ1) is 9.87. The molecule has 0 bridgehead atoms. The average molecular weight is 203 g/mol. The highest BCUT2D eigenvalue weighted by molar-refractivity contribution is 5.40. The molecule has 0 unspecified atom stereocenters. The molecule has 1 aliphatic rings. The zero-order valence-electron chi connectivity index (χ0n) is 8.52. The fraction of sp³-hybridized carbons (Fsp3) is 0.455. The van der Waals surface area contributed by atoms with Crippen molar-refractivity contribution in [3.63, 3.8) is 0 Å². The average Bonchev–Trinajstić information content (AvgIpc) is 2.80. The summed E-state index contributed by atoms with van der Waals surface area (Å²) in [5.74, 6) is 1.02. The van der Waals surface area contributed by atoms with Gasteiger partial charge in [0.15, 0.2) is 0 Å². The second kappa shape index (κ2) is 4.71. The standard InChI is InChI=1S/C11H13N3O/c15-9-12-7-10-3-4-11(13-8-10)14-5-1-2-6-14/h3-4,8H,1-2,5-7H2. The number of rotatable bonds is 3. The van der Waals surface area contributed by atoms with Crippen LogP contribution in [-0.4, -0.2) is 24.2 Å². The van der Waals surface area contributed by atoms with Gasteiger partial charge in [-0.3, -0.25) is 0 Å². The van der Waals surface area contributed by atoms with Gasteiger partial charge >= 0.3 is 0 Å². The van der Waals surface area contributed by atoms with Crippen molar-refractivity contribution in [2.45, 2.75) is 19.4 Å². The van der Waals surface area contributed by atoms with Gasteiger partial charge in [-0.25, -0.2) is 14.8 Å². The highest BCUT2D eigenvalue weighted by atomic mass is 16.1. The molecule has 1 aliphatic heterocycles. The molecule has 0 spiro atoms. The Balaban J connectivity index is 2.05. The Morgan fingerprint density at radius 2 is 2.20 bits per heavy atom. The number of hydrogen-bond donors (Lipinski definition) is 0. The molecular formula is C11H13N3O. The summed E-state index contributed by atoms with van der Waals surface area (Å²) in [7, 11) is 0. The van der Waals surface area contributed by atoms with Crippen LogP contribution in [-0.2, 0) is 11.3 Å². The van der Waals surface area contributed by atoms with Crippen LogP contribution in [0.1, 0.15) is 18.4 Å². The number of pyridine rings is 1. The Labute approximate surface area is 88.7 Å². The van der Waals surface area contributed by atoms with Crippen molar-refractivity contribution in [1.82, 2.24) is 4.98 Å². The Hall–Kier alpha value is -1.67. The summed E-state index contributed by atoms with van der Waals surface area (Å²) in [5.41, 5.74) is 0.946. The van der Waals surface area contributed by atoms with Crippen molar-refractivity contribution in [2.75, 3.05) is 18.0 Å². The molecule has 0 atom stereocenters. The first-order chi connectivity index (χ1) is 7.40. The van der Waals surface area contributed by atoms with Gasteiger partial charge in [-0.2, -0.15) is 0 Å². The van der Waals surface area contributed by atoms with Crippen LogP contribution < -0.4 is 4.90 Å². The topological polar surface area (TPSA) is 45.6 Å². The molecule has 0 radical (unpaired) electrons. The minimum Gasteiger partial charge on any atom is -0.357 e. The van der Waals surface area contributed by atoms with Crippen molar-refractivity contribution in [3.05, 3.63) is 23.9 Å². The first-order valence-electron chi connectivity index (χ1n) is 5.13. The van der Waals surface area contributed by atoms with Crippen LogP contribution >= 0.6 is 0 Å². The van der Waals surface area contributed by atoms with Crippen molar-refractivity contribution in [2.24, 2.45) is 4.99 Å². The molecule has 0 amide bonds. The number of hydrogen-bond acceptors (Lipinski definition) is 4. The number of isocyanates is 1. The van der Waals surface area contributed by atoms with E-state index in [1.807, 2.05) is 12.1 Å². The minimum absolute atomic E-state index is 0.372. The maximum atomic E-state index is 9.93. The fourth-order valence-corrected chi connectivity index (χ4v) is 1.77. The lowest BCUT2D eigenvalue weighted by Gasteiger charge is -2.15. The lowest BCUT2D eigenvalue weighted by molar-refractivity contribution is 0.563. The van der Waals surface area contributed by atoms with E-state index in [0.717, 1.165) is 24.5 Å². The molecule has 0 N–H and O–H groups in total. The van der Waals surface area contributed by atoms with E-state index >= 15 is 0 Å². The number of anilines is 1. The van der Waals surface area contributed by atoms with Gasteiger partial charge in [0, 0.05) is 19.3 Å². The monoisotopic (exact) mass is 203 g/mol. The SMILES string of the molecule is O=C=NCc1ccc(N2CCCC2)nc1. The molecule has 1 aromatic rings. The summed E-state index contributed by atoms with van der Waals surface area (Å²) in [6.07, 6.45) is 5.79. The highest BCUT2D eigenvalue weighted by Gasteiger charge is 2.12. The molecule has 0 aliphatic carbocycles. The summed E-state index contributed by atoms with van der Waals surface area (Å²) in [6, 6.07) is 3.95. The van der Waals surface area contributed by atoms with Gasteiger partial charge in [-0.05, 0) is 24.5 Å². The van der Waals surface area contributed by atoms with E-state index in [-0.39, 0.29) is 0 Å². The second-order valence-electron chi connectivity index (χ2n) is 3.63. The molecule has 0 saturated carbocycles. The molecule has 1 aromatic heterocycles. The van der Waals surface area contributed by atoms with Crippen molar-refractivity contribution >= 4 is 11.9 Å². The third kappa shape index (κ3) is 2.42. The smallest absolute Gasteiger partial charge is 0.235 e. The number of aliphatic imine (C=N–C) groups is 1. The lowest BCUT2D eigenvalue weighted by Crippen LogP contribution is -2.18. The normalized spacial score (nSPS) is 15.1. The van der Waals surface area contributed by atoms with Gasteiger partial charge < -0.3 is 4.90 Å². The Bertz CT molecular complexity index is 362. The van der Waals surface area contributed by atoms with E-state index in [4.69, 9.17) is 0 Å². The molecule has 4 heteroatoms. The van der Waals surface area contributed by atoms with E-state index in [1.54, 1.807) is 6.20 Å². The maximum absolute atomic E-state index is 9.93. The molecule has 2 heterocycles. The zero-order valence-corrected chi connectivity index (χ0v) is 8.52. The molecule has 2 rings (SSSR count). The number of nitrogens with zero attached hydrogens (tertiary/aromatic N) is 3. The predicted octanol–water partition coefficient (Wildman–Crippen LogP) is 1.52. The Morgan fingerprint density at radius 3 is 2.80 bits per heavy atom. The van der Waals surface area contributed by atoms with E-state index in [1.165, 1.54) is 18.9 Å². The Morgan fingerprint density at radius 1 is 1.40 bits per heavy atom. The molecule has 1 saturated heterocycles. The van der Waals surface area contributed by atoms with Crippen LogP contribution in [0, 0.1) is 0 Å². The van der Waals surface area contributed by atoms with Gasteiger partial charge in [0.25, 0.3) is 0 Å². The fourth-order valence-electron chi connectivity index (χ4n) is 1.77. The molecule has 4 nitrogen and oxygen atoms in total. The summed E-state index contributed by atoms with van der Waals surface area (Å²) in [6.45, 7) is 2.56. The van der Waals surface area contributed by atoms with Gasteiger partial charge in [0.2, 0.25) is 6.08 Å². The second-order valence-corrected chi connectivity index (χ2v) is 3.63. The van der Waals surface area contributed by atoms with Crippen LogP contribution in [0.15, 0.2) is 23.3 Å². The largest absolute Gasteiger partial charge is 0.357 e. The molecule has 0 aromatic carbocycles. The minimum atomic E-state index is 0.372. The summed E-state index contributed by atoms with van der Waals surface area (Å²) in [5, 5.41) is 0. The van der Waals surface area contributed by atoms with Gasteiger partial charge in [-0.1, -0.05) is 6.07 Å². The third-order valence-electron chi connectivity index (χ3n) is 2.57. The van der Waals surface area contributed by atoms with Gasteiger partial charge in [0.05, 0.1) is 6.54 Å². The number of aromatic nitrogens is 1. The molecule has 1 fully saturated rings. The third-order valence-corrected chi connectivity index (χ3v) is 2.57. The molecular weight excluding hydrogens is 190 g/mol. The van der Waals surface area contributed by atoms with E-state index in [9.17, 15) is 4.79 Å². The zero-order chi connectivity index (χ0) is 10.5. The first-order valence-corrected chi connectivity index (χ1v) is 5.13. The van der Waals surface area contributed by atoms with E-state index < -0.39 is 0 Å². The highest BCUT2D eigenvalue weighted by Crippen LogP contribution is 2.17. The van der Waals surface area contributed by atoms with Crippen LogP contribution in [0.4, 0.5) is 5.82 Å².